The van der Waals surface area contributed by atoms with Crippen LogP contribution in [0.15, 0.2) is 29.2 Å². The van der Waals surface area contributed by atoms with Crippen LogP contribution in [0.2, 0.25) is 0 Å². The van der Waals surface area contributed by atoms with Crippen molar-refractivity contribution in [1.29, 1.82) is 0 Å². The van der Waals surface area contributed by atoms with Crippen LogP contribution in [-0.2, 0) is 6.54 Å². The Morgan fingerprint density at radius 3 is 2.17 bits per heavy atom. The molecule has 1 fully saturated rings. The molecule has 0 aliphatic carbocycles. The molecule has 0 N–H and O–H groups in total. The molecule has 1 aromatic carbocycles. The number of rotatable bonds is 7. The highest BCUT2D eigenvalue weighted by atomic mass is 32.2. The largest absolute Gasteiger partial charge is 0.298 e. The fraction of sp³-hybridized carbons (Fsp3) is 0.714. The first-order valence-corrected chi connectivity index (χ1v) is 10.6. The van der Waals surface area contributed by atoms with E-state index in [1.807, 2.05) is 11.8 Å². The van der Waals surface area contributed by atoms with Gasteiger partial charge in [-0.1, -0.05) is 39.8 Å². The Labute approximate surface area is 154 Å². The maximum absolute atomic E-state index is 2.78. The van der Waals surface area contributed by atoms with E-state index < -0.39 is 0 Å². The van der Waals surface area contributed by atoms with E-state index in [1.165, 1.54) is 36.4 Å². The molecule has 2 atom stereocenters. The monoisotopic (exact) mass is 348 g/mol. The van der Waals surface area contributed by atoms with Crippen LogP contribution in [0.4, 0.5) is 0 Å². The lowest BCUT2D eigenvalue weighted by Gasteiger charge is -2.48. The first kappa shape index (κ1) is 19.8. The van der Waals surface area contributed by atoms with E-state index >= 15 is 0 Å². The summed E-state index contributed by atoms with van der Waals surface area (Å²) in [6, 6.07) is 11.2. The number of hydrogen-bond acceptors (Lipinski definition) is 3. The summed E-state index contributed by atoms with van der Waals surface area (Å²) in [5, 5.41) is 0.640. The summed E-state index contributed by atoms with van der Waals surface area (Å²) in [5.74, 6) is 0. The molecular weight excluding hydrogens is 312 g/mol. The van der Waals surface area contributed by atoms with Crippen LogP contribution in [0, 0.1) is 0 Å². The second-order valence-electron chi connectivity index (χ2n) is 7.66. The normalized spacial score (nSPS) is 23.3. The fourth-order valence-electron chi connectivity index (χ4n) is 3.73. The minimum atomic E-state index is 0.640. The lowest BCUT2D eigenvalue weighted by molar-refractivity contribution is 0.000384. The quantitative estimate of drug-likeness (QED) is 0.620. The molecule has 0 saturated carbocycles. The van der Waals surface area contributed by atoms with Gasteiger partial charge in [-0.05, 0) is 44.4 Å². The summed E-state index contributed by atoms with van der Waals surface area (Å²) in [6.07, 6.45) is 2.47. The molecule has 0 bridgehead atoms. The lowest BCUT2D eigenvalue weighted by atomic mass is 9.99. The third-order valence-electron chi connectivity index (χ3n) is 5.14. The zero-order valence-electron chi connectivity index (χ0n) is 16.5. The minimum absolute atomic E-state index is 0.640. The second kappa shape index (κ2) is 9.26. The van der Waals surface area contributed by atoms with Gasteiger partial charge in [-0.3, -0.25) is 9.80 Å². The molecular formula is C21H36N2S. The summed E-state index contributed by atoms with van der Waals surface area (Å²) in [6.45, 7) is 17.4. The van der Waals surface area contributed by atoms with Crippen LogP contribution >= 0.6 is 11.8 Å². The van der Waals surface area contributed by atoms with Crippen LogP contribution in [-0.4, -0.2) is 46.3 Å². The van der Waals surface area contributed by atoms with Crippen LogP contribution in [0.25, 0.3) is 0 Å². The average Bonchev–Trinajstić information content (AvgIpc) is 2.54. The van der Waals surface area contributed by atoms with Gasteiger partial charge in [-0.25, -0.2) is 0 Å². The van der Waals surface area contributed by atoms with Gasteiger partial charge in [0.05, 0.1) is 0 Å². The average molecular weight is 349 g/mol. The first-order chi connectivity index (χ1) is 11.4. The van der Waals surface area contributed by atoms with Gasteiger partial charge < -0.3 is 0 Å². The van der Waals surface area contributed by atoms with Crippen molar-refractivity contribution in [1.82, 2.24) is 9.80 Å². The third-order valence-corrected chi connectivity index (χ3v) is 6.13. The van der Waals surface area contributed by atoms with E-state index in [1.54, 1.807) is 0 Å². The van der Waals surface area contributed by atoms with Gasteiger partial charge in [0.25, 0.3) is 0 Å². The highest BCUT2D eigenvalue weighted by Crippen LogP contribution is 2.27. The number of thioether (sulfide) groups is 1. The van der Waals surface area contributed by atoms with E-state index in [-0.39, 0.29) is 0 Å². The summed E-state index contributed by atoms with van der Waals surface area (Å²) >= 11 is 1.97. The molecule has 0 radical (unpaired) electrons. The predicted molar refractivity (Wildman–Crippen MR) is 108 cm³/mol. The van der Waals surface area contributed by atoms with Crippen LogP contribution in [0.5, 0.6) is 0 Å². The molecule has 1 saturated heterocycles. The topological polar surface area (TPSA) is 6.48 Å². The fourth-order valence-corrected chi connectivity index (χ4v) is 4.65. The van der Waals surface area contributed by atoms with Crippen molar-refractivity contribution >= 4 is 11.8 Å². The van der Waals surface area contributed by atoms with Crippen molar-refractivity contribution in [2.75, 3.05) is 13.1 Å². The highest BCUT2D eigenvalue weighted by Gasteiger charge is 2.33. The van der Waals surface area contributed by atoms with Gasteiger partial charge >= 0.3 is 0 Å². The molecule has 1 aromatic rings. The predicted octanol–water partition coefficient (Wildman–Crippen LogP) is 5.27. The van der Waals surface area contributed by atoms with Crippen molar-refractivity contribution in [3.8, 4) is 0 Å². The number of benzene rings is 1. The number of nitrogens with zero attached hydrogens (tertiary/aromatic N) is 2. The summed E-state index contributed by atoms with van der Waals surface area (Å²) < 4.78 is 0. The zero-order valence-corrected chi connectivity index (χ0v) is 17.3. The Balaban J connectivity index is 2.13. The first-order valence-electron chi connectivity index (χ1n) is 9.69. The molecule has 0 aromatic heterocycles. The van der Waals surface area contributed by atoms with Crippen LogP contribution < -0.4 is 0 Å². The van der Waals surface area contributed by atoms with Gasteiger partial charge in [0.1, 0.15) is 0 Å². The van der Waals surface area contributed by atoms with Crippen molar-refractivity contribution < 1.29 is 0 Å². The number of hydrogen-bond donors (Lipinski definition) is 0. The molecule has 0 spiro atoms. The molecule has 1 aliphatic rings. The van der Waals surface area contributed by atoms with E-state index in [2.05, 4.69) is 75.6 Å². The summed E-state index contributed by atoms with van der Waals surface area (Å²) in [5.41, 5.74) is 1.47. The molecule has 2 unspecified atom stereocenters. The van der Waals surface area contributed by atoms with Gasteiger partial charge in [0.15, 0.2) is 0 Å². The Hall–Kier alpha value is -0.510. The van der Waals surface area contributed by atoms with Crippen molar-refractivity contribution in [3.05, 3.63) is 29.8 Å². The zero-order chi connectivity index (χ0) is 17.7. The molecule has 0 amide bonds. The SMILES string of the molecule is CCC1CN(C(C)C)CC(CC)N1Cc1cccc(SC(C)C)c1. The van der Waals surface area contributed by atoms with Crippen LogP contribution in [0.3, 0.4) is 0 Å². The van der Waals surface area contributed by atoms with Gasteiger partial charge in [0, 0.05) is 47.9 Å². The maximum atomic E-state index is 2.78. The molecule has 2 rings (SSSR count). The van der Waals surface area contributed by atoms with Crippen molar-refractivity contribution in [2.45, 2.75) is 89.2 Å². The summed E-state index contributed by atoms with van der Waals surface area (Å²) in [7, 11) is 0. The molecule has 136 valence electrons. The molecule has 3 heteroatoms. The van der Waals surface area contributed by atoms with Gasteiger partial charge in [-0.15, -0.1) is 11.8 Å². The lowest BCUT2D eigenvalue weighted by Crippen LogP contribution is -2.59. The minimum Gasteiger partial charge on any atom is -0.298 e. The molecule has 1 heterocycles. The van der Waals surface area contributed by atoms with Crippen molar-refractivity contribution in [3.63, 3.8) is 0 Å². The molecule has 1 aliphatic heterocycles. The highest BCUT2D eigenvalue weighted by molar-refractivity contribution is 7.99. The summed E-state index contributed by atoms with van der Waals surface area (Å²) in [4.78, 5) is 6.85. The number of piperazine rings is 1. The van der Waals surface area contributed by atoms with Crippen LogP contribution in [0.1, 0.15) is 59.9 Å². The Bertz CT molecular complexity index is 486. The van der Waals surface area contributed by atoms with Gasteiger partial charge in [0.2, 0.25) is 0 Å². The Kier molecular flexibility index (Phi) is 7.64. The van der Waals surface area contributed by atoms with E-state index in [0.717, 1.165) is 6.54 Å². The standard InChI is InChI=1S/C21H36N2S/c1-7-19-14-22(16(3)4)15-20(8-2)23(19)13-18-10-9-11-21(12-18)24-17(5)6/h9-12,16-17,19-20H,7-8,13-15H2,1-6H3. The molecule has 2 nitrogen and oxygen atoms in total. The molecule has 24 heavy (non-hydrogen) atoms. The third kappa shape index (κ3) is 5.24. The van der Waals surface area contributed by atoms with E-state index in [9.17, 15) is 0 Å². The van der Waals surface area contributed by atoms with E-state index in [4.69, 9.17) is 0 Å². The maximum Gasteiger partial charge on any atom is 0.0241 e. The Morgan fingerprint density at radius 2 is 1.67 bits per heavy atom. The smallest absolute Gasteiger partial charge is 0.0241 e. The van der Waals surface area contributed by atoms with Crippen molar-refractivity contribution in [2.24, 2.45) is 0 Å². The van der Waals surface area contributed by atoms with E-state index in [0.29, 0.717) is 23.4 Å². The van der Waals surface area contributed by atoms with Gasteiger partial charge in [-0.2, -0.15) is 0 Å². The second-order valence-corrected chi connectivity index (χ2v) is 9.31. The Morgan fingerprint density at radius 1 is 1.04 bits per heavy atom.